The molecule has 2 amide bonds. The molecule has 0 atom stereocenters. The van der Waals surface area contributed by atoms with Gasteiger partial charge in [0.2, 0.25) is 11.8 Å². The third-order valence-electron chi connectivity index (χ3n) is 3.63. The first-order valence-electron chi connectivity index (χ1n) is 7.28. The molecule has 0 spiro atoms. The van der Waals surface area contributed by atoms with E-state index < -0.39 is 5.97 Å². The number of hydrogen-bond acceptors (Lipinski definition) is 3. The summed E-state index contributed by atoms with van der Waals surface area (Å²) in [6, 6.07) is 7.59. The Balaban J connectivity index is 2.06. The van der Waals surface area contributed by atoms with Crippen molar-refractivity contribution in [3.63, 3.8) is 0 Å². The van der Waals surface area contributed by atoms with Gasteiger partial charge in [-0.25, -0.2) is 0 Å². The predicted octanol–water partition coefficient (Wildman–Crippen LogP) is 1.03. The summed E-state index contributed by atoms with van der Waals surface area (Å²) in [7, 11) is 0. The van der Waals surface area contributed by atoms with E-state index >= 15 is 0 Å². The molecular weight excluding hydrogens is 284 g/mol. The molecule has 1 N–H and O–H groups in total. The van der Waals surface area contributed by atoms with E-state index in [0.29, 0.717) is 13.0 Å². The van der Waals surface area contributed by atoms with Crippen molar-refractivity contribution in [1.29, 1.82) is 0 Å². The molecule has 6 nitrogen and oxygen atoms in total. The highest BCUT2D eigenvalue weighted by atomic mass is 16.4. The van der Waals surface area contributed by atoms with Gasteiger partial charge in [0.15, 0.2) is 0 Å². The Morgan fingerprint density at radius 3 is 2.73 bits per heavy atom. The molecule has 1 aliphatic rings. The summed E-state index contributed by atoms with van der Waals surface area (Å²) in [6.07, 6.45) is 1.22. The third kappa shape index (κ3) is 4.31. The minimum absolute atomic E-state index is 0.0424. The average Bonchev–Trinajstić information content (AvgIpc) is 2.83. The van der Waals surface area contributed by atoms with Gasteiger partial charge in [-0.05, 0) is 18.9 Å². The van der Waals surface area contributed by atoms with Crippen molar-refractivity contribution in [3.8, 4) is 0 Å². The Morgan fingerprint density at radius 2 is 2.14 bits per heavy atom. The van der Waals surface area contributed by atoms with Gasteiger partial charge in [-0.3, -0.25) is 14.4 Å². The molecule has 0 aromatic heterocycles. The topological polar surface area (TPSA) is 77.9 Å². The molecule has 118 valence electrons. The molecule has 1 aromatic rings. The van der Waals surface area contributed by atoms with Gasteiger partial charge in [-0.1, -0.05) is 29.8 Å². The van der Waals surface area contributed by atoms with E-state index in [1.807, 2.05) is 31.2 Å². The first-order chi connectivity index (χ1) is 10.5. The number of carboxylic acids is 1. The largest absolute Gasteiger partial charge is 0.480 e. The molecule has 1 heterocycles. The molecule has 1 fully saturated rings. The molecule has 1 aliphatic heterocycles. The van der Waals surface area contributed by atoms with Crippen molar-refractivity contribution in [2.45, 2.75) is 26.3 Å². The molecule has 2 rings (SSSR count). The van der Waals surface area contributed by atoms with E-state index in [4.69, 9.17) is 5.11 Å². The van der Waals surface area contributed by atoms with Crippen LogP contribution >= 0.6 is 0 Å². The lowest BCUT2D eigenvalue weighted by Gasteiger charge is -2.24. The summed E-state index contributed by atoms with van der Waals surface area (Å²) >= 11 is 0. The van der Waals surface area contributed by atoms with Crippen LogP contribution in [0.5, 0.6) is 0 Å². The van der Waals surface area contributed by atoms with Crippen LogP contribution in [0.2, 0.25) is 0 Å². The van der Waals surface area contributed by atoms with Crippen LogP contribution in [0.4, 0.5) is 0 Å². The van der Waals surface area contributed by atoms with E-state index in [9.17, 15) is 14.4 Å². The number of carbonyl (C=O) groups excluding carboxylic acids is 2. The van der Waals surface area contributed by atoms with Crippen LogP contribution in [0.1, 0.15) is 24.0 Å². The van der Waals surface area contributed by atoms with Crippen LogP contribution < -0.4 is 0 Å². The van der Waals surface area contributed by atoms with Gasteiger partial charge in [-0.15, -0.1) is 0 Å². The molecule has 0 saturated carbocycles. The van der Waals surface area contributed by atoms with Crippen molar-refractivity contribution in [3.05, 3.63) is 35.4 Å². The van der Waals surface area contributed by atoms with Gasteiger partial charge >= 0.3 is 5.97 Å². The highest BCUT2D eigenvalue weighted by Gasteiger charge is 2.25. The number of rotatable bonds is 6. The number of nitrogens with zero attached hydrogens (tertiary/aromatic N) is 2. The number of carbonyl (C=O) groups is 3. The summed E-state index contributed by atoms with van der Waals surface area (Å²) in [6.45, 7) is 2.33. The smallest absolute Gasteiger partial charge is 0.323 e. The fourth-order valence-electron chi connectivity index (χ4n) is 2.56. The fourth-order valence-corrected chi connectivity index (χ4v) is 2.56. The molecule has 6 heteroatoms. The Morgan fingerprint density at radius 1 is 1.36 bits per heavy atom. The van der Waals surface area contributed by atoms with Crippen LogP contribution in [0.15, 0.2) is 24.3 Å². The predicted molar refractivity (Wildman–Crippen MR) is 80.0 cm³/mol. The maximum absolute atomic E-state index is 12.3. The van der Waals surface area contributed by atoms with E-state index in [2.05, 4.69) is 0 Å². The maximum Gasteiger partial charge on any atom is 0.323 e. The van der Waals surface area contributed by atoms with Crippen LogP contribution in [-0.2, 0) is 20.9 Å². The van der Waals surface area contributed by atoms with Gasteiger partial charge in [0.05, 0.1) is 6.54 Å². The number of aryl methyl sites for hydroxylation is 1. The minimum atomic E-state index is -1.06. The van der Waals surface area contributed by atoms with Gasteiger partial charge < -0.3 is 14.9 Å². The van der Waals surface area contributed by atoms with Crippen molar-refractivity contribution in [1.82, 2.24) is 9.80 Å². The Kier molecular flexibility index (Phi) is 5.14. The second-order valence-electron chi connectivity index (χ2n) is 5.55. The van der Waals surface area contributed by atoms with Crippen LogP contribution in [-0.4, -0.2) is 52.3 Å². The normalized spacial score (nSPS) is 14.2. The van der Waals surface area contributed by atoms with Gasteiger partial charge in [0.1, 0.15) is 6.54 Å². The summed E-state index contributed by atoms with van der Waals surface area (Å²) in [5.41, 5.74) is 1.93. The number of likely N-dealkylation sites (tertiary alicyclic amines) is 1. The Hall–Kier alpha value is -2.37. The SMILES string of the molecule is Cc1cccc(CN(CC(=O)O)C(=O)CN2CCCC2=O)c1. The number of aliphatic carboxylic acids is 1. The lowest BCUT2D eigenvalue weighted by molar-refractivity contribution is -0.146. The number of carboxylic acid groups (broad SMARTS) is 1. The summed E-state index contributed by atoms with van der Waals surface area (Å²) in [5, 5.41) is 9.00. The zero-order chi connectivity index (χ0) is 16.1. The van der Waals surface area contributed by atoms with Crippen molar-refractivity contribution < 1.29 is 19.5 Å². The molecule has 0 bridgehead atoms. The van der Waals surface area contributed by atoms with Gasteiger partial charge in [0.25, 0.3) is 0 Å². The average molecular weight is 304 g/mol. The summed E-state index contributed by atoms with van der Waals surface area (Å²) < 4.78 is 0. The number of amides is 2. The molecule has 22 heavy (non-hydrogen) atoms. The monoisotopic (exact) mass is 304 g/mol. The van der Waals surface area contributed by atoms with Crippen molar-refractivity contribution in [2.24, 2.45) is 0 Å². The van der Waals surface area contributed by atoms with E-state index in [1.165, 1.54) is 9.80 Å². The summed E-state index contributed by atoms with van der Waals surface area (Å²) in [5.74, 6) is -1.44. The lowest BCUT2D eigenvalue weighted by Crippen LogP contribution is -2.42. The first kappa shape index (κ1) is 16.0. The van der Waals surface area contributed by atoms with E-state index in [1.54, 1.807) is 0 Å². The molecule has 1 aromatic carbocycles. The second kappa shape index (κ2) is 7.06. The first-order valence-corrected chi connectivity index (χ1v) is 7.28. The quantitative estimate of drug-likeness (QED) is 0.851. The third-order valence-corrected chi connectivity index (χ3v) is 3.63. The zero-order valence-corrected chi connectivity index (χ0v) is 12.6. The molecular formula is C16H20N2O4. The van der Waals surface area contributed by atoms with Crippen LogP contribution in [0, 0.1) is 6.92 Å². The van der Waals surface area contributed by atoms with Gasteiger partial charge in [-0.2, -0.15) is 0 Å². The number of hydrogen-bond donors (Lipinski definition) is 1. The molecule has 0 unspecified atom stereocenters. The highest BCUT2D eigenvalue weighted by Crippen LogP contribution is 2.12. The van der Waals surface area contributed by atoms with Crippen LogP contribution in [0.25, 0.3) is 0 Å². The lowest BCUT2D eigenvalue weighted by atomic mass is 10.1. The second-order valence-corrected chi connectivity index (χ2v) is 5.55. The van der Waals surface area contributed by atoms with Crippen molar-refractivity contribution >= 4 is 17.8 Å². The Bertz CT molecular complexity index is 585. The standard InChI is InChI=1S/C16H20N2O4/c1-12-4-2-5-13(8-12)9-18(11-16(21)22)15(20)10-17-7-3-6-14(17)19/h2,4-5,8H,3,6-7,9-11H2,1H3,(H,21,22). The zero-order valence-electron chi connectivity index (χ0n) is 12.6. The highest BCUT2D eigenvalue weighted by molar-refractivity contribution is 5.87. The van der Waals surface area contributed by atoms with E-state index in [-0.39, 0.29) is 31.4 Å². The van der Waals surface area contributed by atoms with Crippen LogP contribution in [0.3, 0.4) is 0 Å². The van der Waals surface area contributed by atoms with Crippen molar-refractivity contribution in [2.75, 3.05) is 19.6 Å². The van der Waals surface area contributed by atoms with E-state index in [0.717, 1.165) is 17.5 Å². The molecule has 1 saturated heterocycles. The fraction of sp³-hybridized carbons (Fsp3) is 0.438. The minimum Gasteiger partial charge on any atom is -0.480 e. The molecule has 0 aliphatic carbocycles. The number of benzene rings is 1. The molecule has 0 radical (unpaired) electrons. The van der Waals surface area contributed by atoms with Gasteiger partial charge in [0, 0.05) is 19.5 Å². The Labute approximate surface area is 129 Å². The maximum atomic E-state index is 12.3. The summed E-state index contributed by atoms with van der Waals surface area (Å²) in [4.78, 5) is 37.7.